The highest BCUT2D eigenvalue weighted by Gasteiger charge is 2.10. The van der Waals surface area contributed by atoms with Crippen LogP contribution in [0.1, 0.15) is 15.9 Å². The molecule has 0 aliphatic carbocycles. The Morgan fingerprint density at radius 2 is 1.68 bits per heavy atom. The molecule has 2 aromatic rings. The monoisotopic (exact) mass is 385 g/mol. The van der Waals surface area contributed by atoms with Crippen molar-refractivity contribution in [3.05, 3.63) is 65.5 Å². The first-order valence-electron chi connectivity index (χ1n) is 9.33. The molecule has 1 aliphatic rings. The molecule has 0 saturated carbocycles. The van der Waals surface area contributed by atoms with Crippen molar-refractivity contribution >= 4 is 17.5 Å². The van der Waals surface area contributed by atoms with Crippen LogP contribution in [0.15, 0.2) is 48.5 Å². The third-order valence-corrected chi connectivity index (χ3v) is 4.57. The highest BCUT2D eigenvalue weighted by atomic mass is 19.1. The Hall–Kier alpha value is -2.77. The lowest BCUT2D eigenvalue weighted by Gasteiger charge is -2.26. The van der Waals surface area contributed by atoms with E-state index < -0.39 is 11.7 Å². The first kappa shape index (κ1) is 20.0. The largest absolute Gasteiger partial charge is 0.379 e. The second kappa shape index (κ2) is 9.96. The van der Waals surface area contributed by atoms with E-state index in [1.807, 2.05) is 24.3 Å². The number of ether oxygens (including phenoxy) is 1. The number of anilines is 1. The molecule has 6 nitrogen and oxygen atoms in total. The van der Waals surface area contributed by atoms with Crippen molar-refractivity contribution in [2.45, 2.75) is 6.42 Å². The molecular formula is C21H24FN3O3. The number of halogens is 1. The van der Waals surface area contributed by atoms with Gasteiger partial charge in [0, 0.05) is 30.9 Å². The Kier molecular flexibility index (Phi) is 7.11. The molecule has 2 N–H and O–H groups in total. The van der Waals surface area contributed by atoms with E-state index in [0.29, 0.717) is 11.3 Å². The van der Waals surface area contributed by atoms with Gasteiger partial charge in [0.1, 0.15) is 5.82 Å². The second-order valence-corrected chi connectivity index (χ2v) is 6.64. The van der Waals surface area contributed by atoms with Gasteiger partial charge in [-0.3, -0.25) is 14.5 Å². The lowest BCUT2D eigenvalue weighted by molar-refractivity contribution is -0.115. The van der Waals surface area contributed by atoms with Crippen LogP contribution in [0.3, 0.4) is 0 Å². The van der Waals surface area contributed by atoms with Crippen molar-refractivity contribution in [2.24, 2.45) is 0 Å². The highest BCUT2D eigenvalue weighted by molar-refractivity contribution is 5.99. The molecule has 0 atom stereocenters. The molecule has 1 aliphatic heterocycles. The molecule has 0 bridgehead atoms. The van der Waals surface area contributed by atoms with Crippen LogP contribution in [0, 0.1) is 5.82 Å². The van der Waals surface area contributed by atoms with Gasteiger partial charge in [-0.2, -0.15) is 0 Å². The average molecular weight is 385 g/mol. The Morgan fingerprint density at radius 1 is 1.00 bits per heavy atom. The number of nitrogens with one attached hydrogen (secondary N) is 2. The predicted octanol–water partition coefficient (Wildman–Crippen LogP) is 2.07. The third-order valence-electron chi connectivity index (χ3n) is 4.57. The van der Waals surface area contributed by atoms with Gasteiger partial charge in [-0.15, -0.1) is 0 Å². The zero-order chi connectivity index (χ0) is 19.8. The van der Waals surface area contributed by atoms with Gasteiger partial charge >= 0.3 is 0 Å². The maximum atomic E-state index is 12.9. The van der Waals surface area contributed by atoms with E-state index in [4.69, 9.17) is 4.74 Å². The summed E-state index contributed by atoms with van der Waals surface area (Å²) >= 11 is 0. The summed E-state index contributed by atoms with van der Waals surface area (Å²) in [5, 5.41) is 5.27. The molecule has 3 rings (SSSR count). The van der Waals surface area contributed by atoms with E-state index in [2.05, 4.69) is 15.5 Å². The summed E-state index contributed by atoms with van der Waals surface area (Å²) in [4.78, 5) is 26.3. The van der Waals surface area contributed by atoms with E-state index in [0.717, 1.165) is 39.3 Å². The molecular weight excluding hydrogens is 361 g/mol. The molecule has 148 valence electrons. The van der Waals surface area contributed by atoms with Gasteiger partial charge in [0.15, 0.2) is 0 Å². The normalized spacial score (nSPS) is 14.5. The minimum atomic E-state index is -0.423. The number of morpholine rings is 1. The van der Waals surface area contributed by atoms with Crippen LogP contribution in [-0.2, 0) is 16.0 Å². The molecule has 7 heteroatoms. The first-order chi connectivity index (χ1) is 13.6. The summed E-state index contributed by atoms with van der Waals surface area (Å²) in [5.41, 5.74) is 2.18. The molecule has 0 unspecified atom stereocenters. The van der Waals surface area contributed by atoms with Crippen LogP contribution in [-0.4, -0.2) is 56.1 Å². The lowest BCUT2D eigenvalue weighted by atomic mass is 10.1. The number of benzene rings is 2. The van der Waals surface area contributed by atoms with Gasteiger partial charge in [-0.25, -0.2) is 4.39 Å². The van der Waals surface area contributed by atoms with Crippen molar-refractivity contribution in [1.82, 2.24) is 10.2 Å². The fourth-order valence-electron chi connectivity index (χ4n) is 2.94. The molecule has 0 aromatic heterocycles. The number of hydrogen-bond donors (Lipinski definition) is 2. The summed E-state index contributed by atoms with van der Waals surface area (Å²) in [7, 11) is 0. The summed E-state index contributed by atoms with van der Waals surface area (Å²) < 4.78 is 18.2. The smallest absolute Gasteiger partial charge is 0.251 e. The number of carbonyl (C=O) groups excluding carboxylic acids is 2. The molecule has 2 amide bonds. The lowest BCUT2D eigenvalue weighted by Crippen LogP contribution is -2.37. The average Bonchev–Trinajstić information content (AvgIpc) is 2.73. The summed E-state index contributed by atoms with van der Waals surface area (Å²) in [6.45, 7) is 4.36. The van der Waals surface area contributed by atoms with Gasteiger partial charge in [-0.05, 0) is 48.4 Å². The van der Waals surface area contributed by atoms with E-state index in [1.165, 1.54) is 29.8 Å². The number of nitrogens with zero attached hydrogens (tertiary/aromatic N) is 1. The zero-order valence-corrected chi connectivity index (χ0v) is 15.6. The predicted molar refractivity (Wildman–Crippen MR) is 105 cm³/mol. The fourth-order valence-corrected chi connectivity index (χ4v) is 2.94. The van der Waals surface area contributed by atoms with Crippen LogP contribution in [0.4, 0.5) is 10.1 Å². The minimum absolute atomic E-state index is 0.158. The van der Waals surface area contributed by atoms with Crippen LogP contribution < -0.4 is 10.6 Å². The van der Waals surface area contributed by atoms with Gasteiger partial charge in [0.05, 0.1) is 19.8 Å². The second-order valence-electron chi connectivity index (χ2n) is 6.64. The van der Waals surface area contributed by atoms with Gasteiger partial charge < -0.3 is 15.4 Å². The Balaban J connectivity index is 1.41. The van der Waals surface area contributed by atoms with Crippen molar-refractivity contribution < 1.29 is 18.7 Å². The Labute approximate surface area is 163 Å². The van der Waals surface area contributed by atoms with Crippen molar-refractivity contribution in [1.29, 1.82) is 0 Å². The summed E-state index contributed by atoms with van der Waals surface area (Å²) in [6, 6.07) is 12.9. The third kappa shape index (κ3) is 6.14. The SMILES string of the molecule is O=C(CNC(=O)c1ccc(F)cc1)Nc1ccc(CCN2CCOCC2)cc1. The van der Waals surface area contributed by atoms with Gasteiger partial charge in [-0.1, -0.05) is 12.1 Å². The Bertz CT molecular complexity index is 788. The highest BCUT2D eigenvalue weighted by Crippen LogP contribution is 2.11. The first-order valence-corrected chi connectivity index (χ1v) is 9.33. The van der Waals surface area contributed by atoms with Crippen molar-refractivity contribution in [2.75, 3.05) is 44.7 Å². The van der Waals surface area contributed by atoms with Crippen LogP contribution in [0.25, 0.3) is 0 Å². The maximum absolute atomic E-state index is 12.9. The van der Waals surface area contributed by atoms with Gasteiger partial charge in [0.2, 0.25) is 5.91 Å². The Morgan fingerprint density at radius 3 is 2.36 bits per heavy atom. The number of amides is 2. The standard InChI is InChI=1S/C21H24FN3O3/c22-18-5-3-17(4-6-18)21(27)23-15-20(26)24-19-7-1-16(2-8-19)9-10-25-11-13-28-14-12-25/h1-8H,9-15H2,(H,23,27)(H,24,26). The molecule has 1 saturated heterocycles. The van der Waals surface area contributed by atoms with E-state index in [9.17, 15) is 14.0 Å². The molecule has 1 heterocycles. The topological polar surface area (TPSA) is 70.7 Å². The van der Waals surface area contributed by atoms with Crippen LogP contribution in [0.2, 0.25) is 0 Å². The van der Waals surface area contributed by atoms with E-state index in [-0.39, 0.29) is 12.5 Å². The van der Waals surface area contributed by atoms with Crippen LogP contribution in [0.5, 0.6) is 0 Å². The number of hydrogen-bond acceptors (Lipinski definition) is 4. The summed E-state index contributed by atoms with van der Waals surface area (Å²) in [5.74, 6) is -1.16. The molecule has 1 fully saturated rings. The van der Waals surface area contributed by atoms with Crippen molar-refractivity contribution in [3.8, 4) is 0 Å². The fraction of sp³-hybridized carbons (Fsp3) is 0.333. The van der Waals surface area contributed by atoms with E-state index in [1.54, 1.807) is 0 Å². The molecule has 0 spiro atoms. The minimum Gasteiger partial charge on any atom is -0.379 e. The van der Waals surface area contributed by atoms with Crippen LogP contribution >= 0.6 is 0 Å². The van der Waals surface area contributed by atoms with Gasteiger partial charge in [0.25, 0.3) is 5.91 Å². The number of carbonyl (C=O) groups is 2. The van der Waals surface area contributed by atoms with Crippen molar-refractivity contribution in [3.63, 3.8) is 0 Å². The number of rotatable bonds is 7. The maximum Gasteiger partial charge on any atom is 0.251 e. The molecule has 0 radical (unpaired) electrons. The van der Waals surface area contributed by atoms with E-state index >= 15 is 0 Å². The zero-order valence-electron chi connectivity index (χ0n) is 15.6. The molecule has 2 aromatic carbocycles. The summed E-state index contributed by atoms with van der Waals surface area (Å²) in [6.07, 6.45) is 0.946. The molecule has 28 heavy (non-hydrogen) atoms. The quantitative estimate of drug-likeness (QED) is 0.766.